The summed E-state index contributed by atoms with van der Waals surface area (Å²) in [6.45, 7) is 5.20. The molecule has 2 aromatic heterocycles. The van der Waals surface area contributed by atoms with E-state index in [-0.39, 0.29) is 16.8 Å². The van der Waals surface area contributed by atoms with E-state index in [1.165, 1.54) is 31.5 Å². The van der Waals surface area contributed by atoms with E-state index in [0.29, 0.717) is 29.2 Å². The van der Waals surface area contributed by atoms with Gasteiger partial charge in [-0.15, -0.1) is 0 Å². The summed E-state index contributed by atoms with van der Waals surface area (Å²) < 4.78 is 63.4. The van der Waals surface area contributed by atoms with E-state index in [4.69, 9.17) is 21.1 Å². The molecule has 0 spiro atoms. The lowest BCUT2D eigenvalue weighted by atomic mass is 9.91. The van der Waals surface area contributed by atoms with Crippen LogP contribution in [-0.2, 0) is 15.7 Å². The smallest absolute Gasteiger partial charge is 0.433 e. The highest BCUT2D eigenvalue weighted by Gasteiger charge is 2.33. The Bertz CT molecular complexity index is 1190. The molecule has 5 nitrogen and oxygen atoms in total. The summed E-state index contributed by atoms with van der Waals surface area (Å²) >= 11 is 6.48. The fraction of sp³-hybridized carbons (Fsp3) is 0.320. The fourth-order valence-corrected chi connectivity index (χ4v) is 3.72. The third-order valence-corrected chi connectivity index (χ3v) is 5.85. The molecule has 0 radical (unpaired) electrons. The maximum Gasteiger partial charge on any atom is 0.433 e. The van der Waals surface area contributed by atoms with Gasteiger partial charge in [-0.05, 0) is 63.1 Å². The van der Waals surface area contributed by atoms with Crippen molar-refractivity contribution in [3.8, 4) is 0 Å². The summed E-state index contributed by atoms with van der Waals surface area (Å²) in [6.07, 6.45) is 0.0883. The highest BCUT2D eigenvalue weighted by atomic mass is 35.5. The molecule has 186 valence electrons. The Balaban J connectivity index is 1.76. The normalized spacial score (nSPS) is 18.3. The zero-order valence-corrected chi connectivity index (χ0v) is 20.3. The lowest BCUT2D eigenvalue weighted by molar-refractivity contribution is -0.141. The Labute approximate surface area is 205 Å². The monoisotopic (exact) mass is 509 g/mol. The van der Waals surface area contributed by atoms with Gasteiger partial charge in [0.15, 0.2) is 0 Å². The van der Waals surface area contributed by atoms with Gasteiger partial charge in [-0.1, -0.05) is 17.7 Å². The van der Waals surface area contributed by atoms with Gasteiger partial charge in [0, 0.05) is 29.5 Å². The van der Waals surface area contributed by atoms with Crippen LogP contribution in [0.5, 0.6) is 0 Å². The number of nitrogens with zero attached hydrogens (tertiary/aromatic N) is 3. The van der Waals surface area contributed by atoms with Crippen LogP contribution in [0.25, 0.3) is 0 Å². The Morgan fingerprint density at radius 3 is 2.57 bits per heavy atom. The molecule has 0 N–H and O–H groups in total. The number of ether oxygens (including phenoxy) is 2. The van der Waals surface area contributed by atoms with Crippen LogP contribution in [0.4, 0.5) is 17.6 Å². The largest absolute Gasteiger partial charge is 0.500 e. The minimum atomic E-state index is -4.53. The number of pyridine rings is 2. The number of alkyl halides is 3. The van der Waals surface area contributed by atoms with Crippen molar-refractivity contribution in [3.05, 3.63) is 93.8 Å². The predicted octanol–water partition coefficient (Wildman–Crippen LogP) is 7.13. The van der Waals surface area contributed by atoms with Crippen LogP contribution in [0.3, 0.4) is 0 Å². The summed E-state index contributed by atoms with van der Waals surface area (Å²) in [6, 6.07) is 6.51. The molecule has 10 heteroatoms. The highest BCUT2D eigenvalue weighted by Crippen LogP contribution is 2.35. The van der Waals surface area contributed by atoms with Crippen molar-refractivity contribution in [1.82, 2.24) is 9.97 Å². The number of methoxy groups -OCH3 is 1. The van der Waals surface area contributed by atoms with Crippen LogP contribution in [0.15, 0.2) is 75.9 Å². The molecule has 0 saturated carbocycles. The predicted molar refractivity (Wildman–Crippen MR) is 125 cm³/mol. The zero-order chi connectivity index (χ0) is 25.8. The molecule has 2 atom stereocenters. The first kappa shape index (κ1) is 26.4. The number of aromatic nitrogens is 2. The molecule has 0 aliphatic heterocycles. The molecular formula is C25H24ClF4N3O2. The molecular weight excluding hydrogens is 486 g/mol. The van der Waals surface area contributed by atoms with Crippen molar-refractivity contribution in [3.63, 3.8) is 0 Å². The summed E-state index contributed by atoms with van der Waals surface area (Å²) in [7, 11) is 1.51. The summed E-state index contributed by atoms with van der Waals surface area (Å²) in [5.41, 5.74) is 1.14. The average molecular weight is 510 g/mol. The van der Waals surface area contributed by atoms with Gasteiger partial charge in [0.05, 0.1) is 12.8 Å². The number of aliphatic imine (C=N–C) groups is 1. The van der Waals surface area contributed by atoms with Crippen LogP contribution in [0, 0.1) is 11.9 Å². The second-order valence-electron chi connectivity index (χ2n) is 7.89. The summed E-state index contributed by atoms with van der Waals surface area (Å²) in [4.78, 5) is 11.7. The van der Waals surface area contributed by atoms with Gasteiger partial charge in [0.1, 0.15) is 28.5 Å². The van der Waals surface area contributed by atoms with Gasteiger partial charge in [-0.2, -0.15) is 17.6 Å². The Morgan fingerprint density at radius 1 is 1.20 bits per heavy atom. The number of rotatable bonds is 7. The van der Waals surface area contributed by atoms with Gasteiger partial charge in [-0.3, -0.25) is 0 Å². The number of halogens is 5. The maximum atomic E-state index is 13.1. The van der Waals surface area contributed by atoms with Crippen molar-refractivity contribution in [2.24, 2.45) is 10.9 Å². The Kier molecular flexibility index (Phi) is 8.32. The molecule has 3 rings (SSSR count). The second-order valence-corrected chi connectivity index (χ2v) is 8.25. The molecule has 0 saturated heterocycles. The van der Waals surface area contributed by atoms with Crippen LogP contribution < -0.4 is 0 Å². The number of allylic oxidation sites excluding steroid dienone is 3. The molecule has 0 bridgehead atoms. The second kappa shape index (κ2) is 11.0. The average Bonchev–Trinajstić information content (AvgIpc) is 2.83. The van der Waals surface area contributed by atoms with Gasteiger partial charge >= 0.3 is 6.18 Å². The van der Waals surface area contributed by atoms with E-state index in [2.05, 4.69) is 15.0 Å². The SMILES string of the molecule is COC1=CC(OC(C)c2cccc(C(F)(F)F)n2)=CCC1/C(C)=C(\Cl)N=C(C)c1ccc(F)nc1. The van der Waals surface area contributed by atoms with Crippen molar-refractivity contribution in [2.75, 3.05) is 7.11 Å². The lowest BCUT2D eigenvalue weighted by Crippen LogP contribution is -2.14. The molecule has 1 aliphatic carbocycles. The minimum Gasteiger partial charge on any atom is -0.500 e. The van der Waals surface area contributed by atoms with E-state index < -0.39 is 23.9 Å². The standard InChI is InChI=1S/C25H24ClF4N3O2/c1-14(24(26)32-15(2)17-8-11-23(27)31-13-17)19-10-9-18(12-21(19)34-4)35-16(3)20-6-5-7-22(33-20)25(28,29)30/h5-9,11-13,16,19H,10H2,1-4H3/b24-14+,32-15?. The molecule has 1 aliphatic rings. The van der Waals surface area contributed by atoms with E-state index >= 15 is 0 Å². The van der Waals surface area contributed by atoms with Crippen molar-refractivity contribution in [1.29, 1.82) is 0 Å². The van der Waals surface area contributed by atoms with Crippen molar-refractivity contribution < 1.29 is 27.0 Å². The maximum absolute atomic E-state index is 13.1. The summed E-state index contributed by atoms with van der Waals surface area (Å²) in [5, 5.41) is 0.263. The van der Waals surface area contributed by atoms with Crippen molar-refractivity contribution in [2.45, 2.75) is 39.5 Å². The number of hydrogen-bond donors (Lipinski definition) is 0. The quantitative estimate of drug-likeness (QED) is 0.172. The third-order valence-electron chi connectivity index (χ3n) is 5.47. The zero-order valence-electron chi connectivity index (χ0n) is 19.5. The number of hydrogen-bond acceptors (Lipinski definition) is 5. The van der Waals surface area contributed by atoms with E-state index in [0.717, 1.165) is 11.6 Å². The Hall–Kier alpha value is -3.20. The van der Waals surface area contributed by atoms with Gasteiger partial charge < -0.3 is 9.47 Å². The third kappa shape index (κ3) is 6.69. The summed E-state index contributed by atoms with van der Waals surface area (Å²) in [5.74, 6) is 0.216. The first-order chi connectivity index (χ1) is 16.5. The molecule has 0 fully saturated rings. The minimum absolute atomic E-state index is 0.162. The lowest BCUT2D eigenvalue weighted by Gasteiger charge is -2.25. The molecule has 2 heterocycles. The molecule has 35 heavy (non-hydrogen) atoms. The van der Waals surface area contributed by atoms with E-state index in [1.807, 2.05) is 13.0 Å². The van der Waals surface area contributed by atoms with Crippen LogP contribution in [0.2, 0.25) is 0 Å². The van der Waals surface area contributed by atoms with Gasteiger partial charge in [-0.25, -0.2) is 15.0 Å². The van der Waals surface area contributed by atoms with E-state index in [1.54, 1.807) is 26.0 Å². The Morgan fingerprint density at radius 2 is 1.94 bits per heavy atom. The fourth-order valence-electron chi connectivity index (χ4n) is 3.46. The van der Waals surface area contributed by atoms with Gasteiger partial charge in [0.2, 0.25) is 5.95 Å². The molecule has 0 aromatic carbocycles. The molecule has 0 amide bonds. The van der Waals surface area contributed by atoms with Crippen LogP contribution in [-0.4, -0.2) is 22.8 Å². The van der Waals surface area contributed by atoms with E-state index in [9.17, 15) is 17.6 Å². The first-order valence-corrected chi connectivity index (χ1v) is 11.1. The highest BCUT2D eigenvalue weighted by molar-refractivity contribution is 6.30. The molecule has 2 aromatic rings. The first-order valence-electron chi connectivity index (χ1n) is 10.7. The van der Waals surface area contributed by atoms with Crippen molar-refractivity contribution >= 4 is 17.3 Å². The topological polar surface area (TPSA) is 56.6 Å². The van der Waals surface area contributed by atoms with Crippen LogP contribution >= 0.6 is 11.6 Å². The van der Waals surface area contributed by atoms with Gasteiger partial charge in [0.25, 0.3) is 0 Å². The van der Waals surface area contributed by atoms with Crippen LogP contribution in [0.1, 0.15) is 50.2 Å². The molecule has 2 unspecified atom stereocenters.